The molecule has 0 saturated heterocycles. The molecule has 0 aliphatic heterocycles. The fraction of sp³-hybridized carbons (Fsp3) is 0.105. The Bertz CT molecular complexity index is 849. The Morgan fingerprint density at radius 2 is 1.67 bits per heavy atom. The van der Waals surface area contributed by atoms with Gasteiger partial charge in [0.05, 0.1) is 5.75 Å². The zero-order valence-corrected chi connectivity index (χ0v) is 13.5. The van der Waals surface area contributed by atoms with Crippen molar-refractivity contribution < 1.29 is 13.6 Å². The van der Waals surface area contributed by atoms with Gasteiger partial charge in [0.25, 0.3) is 6.43 Å². The van der Waals surface area contributed by atoms with Gasteiger partial charge in [0.2, 0.25) is 5.91 Å². The van der Waals surface area contributed by atoms with Gasteiger partial charge < -0.3 is 5.32 Å². The van der Waals surface area contributed by atoms with Gasteiger partial charge in [-0.1, -0.05) is 42.5 Å². The first-order chi connectivity index (χ1) is 11.6. The Hall–Kier alpha value is -2.40. The molecule has 1 amide bonds. The highest BCUT2D eigenvalue weighted by molar-refractivity contribution is 8.00. The average Bonchev–Trinajstić information content (AvgIpc) is 2.60. The molecular formula is C19H15F2NOS. The predicted molar refractivity (Wildman–Crippen MR) is 94.7 cm³/mol. The minimum atomic E-state index is -2.50. The van der Waals surface area contributed by atoms with Gasteiger partial charge in [0, 0.05) is 16.1 Å². The quantitative estimate of drug-likeness (QED) is 0.619. The molecule has 3 aromatic rings. The number of anilines is 1. The van der Waals surface area contributed by atoms with Crippen molar-refractivity contribution in [3.8, 4) is 0 Å². The number of alkyl halides is 2. The summed E-state index contributed by atoms with van der Waals surface area (Å²) in [4.78, 5) is 13.0. The van der Waals surface area contributed by atoms with Gasteiger partial charge in [-0.3, -0.25) is 4.79 Å². The Balaban J connectivity index is 1.58. The molecule has 0 heterocycles. The van der Waals surface area contributed by atoms with Crippen molar-refractivity contribution in [3.63, 3.8) is 0 Å². The number of carbonyl (C=O) groups is 1. The number of rotatable bonds is 5. The lowest BCUT2D eigenvalue weighted by atomic mass is 10.1. The van der Waals surface area contributed by atoms with Crippen LogP contribution in [0.15, 0.2) is 71.6 Å². The molecule has 0 radical (unpaired) electrons. The molecule has 0 aliphatic rings. The summed E-state index contributed by atoms with van der Waals surface area (Å²) in [7, 11) is 0. The zero-order chi connectivity index (χ0) is 16.9. The van der Waals surface area contributed by atoms with E-state index < -0.39 is 6.43 Å². The van der Waals surface area contributed by atoms with E-state index in [1.807, 2.05) is 42.5 Å². The van der Waals surface area contributed by atoms with Gasteiger partial charge in [-0.2, -0.15) is 0 Å². The van der Waals surface area contributed by atoms with Crippen LogP contribution in [0.1, 0.15) is 12.0 Å². The summed E-state index contributed by atoms with van der Waals surface area (Å²) in [6, 6.07) is 19.7. The monoisotopic (exact) mass is 343 g/mol. The molecule has 0 atom stereocenters. The molecule has 0 fully saturated rings. The van der Waals surface area contributed by atoms with Gasteiger partial charge in [-0.15, -0.1) is 11.8 Å². The molecule has 24 heavy (non-hydrogen) atoms. The highest BCUT2D eigenvalue weighted by atomic mass is 32.2. The first kappa shape index (κ1) is 16.5. The van der Waals surface area contributed by atoms with E-state index in [-0.39, 0.29) is 17.2 Å². The van der Waals surface area contributed by atoms with Crippen LogP contribution in [-0.4, -0.2) is 11.7 Å². The van der Waals surface area contributed by atoms with E-state index in [1.54, 1.807) is 0 Å². The molecule has 0 saturated carbocycles. The lowest BCUT2D eigenvalue weighted by molar-refractivity contribution is -0.113. The molecule has 1 N–H and O–H groups in total. The predicted octanol–water partition coefficient (Wildman–Crippen LogP) is 5.51. The molecule has 122 valence electrons. The highest BCUT2D eigenvalue weighted by Crippen LogP contribution is 2.24. The van der Waals surface area contributed by atoms with E-state index in [4.69, 9.17) is 0 Å². The maximum absolute atomic E-state index is 12.5. The fourth-order valence-corrected chi connectivity index (χ4v) is 3.06. The number of nitrogens with one attached hydrogen (secondary N) is 1. The van der Waals surface area contributed by atoms with Gasteiger partial charge in [0.1, 0.15) is 0 Å². The summed E-state index contributed by atoms with van der Waals surface area (Å²) in [5, 5.41) is 5.00. The van der Waals surface area contributed by atoms with Crippen molar-refractivity contribution >= 4 is 34.1 Å². The molecule has 0 spiro atoms. The van der Waals surface area contributed by atoms with E-state index in [9.17, 15) is 13.6 Å². The summed E-state index contributed by atoms with van der Waals surface area (Å²) in [6.45, 7) is 0. The molecule has 0 aliphatic carbocycles. The third kappa shape index (κ3) is 4.11. The Labute approximate surface area is 142 Å². The molecule has 2 nitrogen and oxygen atoms in total. The number of hydrogen-bond acceptors (Lipinski definition) is 2. The smallest absolute Gasteiger partial charge is 0.263 e. The van der Waals surface area contributed by atoms with Crippen LogP contribution in [0.25, 0.3) is 10.8 Å². The molecule has 0 aromatic heterocycles. The Morgan fingerprint density at radius 1 is 0.958 bits per heavy atom. The van der Waals surface area contributed by atoms with Crippen molar-refractivity contribution in [1.29, 1.82) is 0 Å². The molecule has 0 bridgehead atoms. The summed E-state index contributed by atoms with van der Waals surface area (Å²) < 4.78 is 25.0. The zero-order valence-electron chi connectivity index (χ0n) is 12.7. The number of benzene rings is 3. The van der Waals surface area contributed by atoms with Crippen LogP contribution in [0.4, 0.5) is 14.5 Å². The lowest BCUT2D eigenvalue weighted by Gasteiger charge is -2.07. The highest BCUT2D eigenvalue weighted by Gasteiger charge is 2.08. The second kappa shape index (κ2) is 7.45. The SMILES string of the molecule is O=C(CSc1ccc2ccccc2c1)Nc1ccc(C(F)F)cc1. The minimum absolute atomic E-state index is 0.0569. The number of carbonyl (C=O) groups excluding carboxylic acids is 1. The minimum Gasteiger partial charge on any atom is -0.325 e. The second-order valence-corrected chi connectivity index (χ2v) is 6.32. The second-order valence-electron chi connectivity index (χ2n) is 5.27. The van der Waals surface area contributed by atoms with E-state index in [2.05, 4.69) is 5.32 Å². The van der Waals surface area contributed by atoms with Crippen LogP contribution in [0.5, 0.6) is 0 Å². The molecule has 5 heteroatoms. The van der Waals surface area contributed by atoms with E-state index >= 15 is 0 Å². The lowest BCUT2D eigenvalue weighted by Crippen LogP contribution is -2.13. The van der Waals surface area contributed by atoms with Crippen molar-refractivity contribution in [2.45, 2.75) is 11.3 Å². The normalized spacial score (nSPS) is 11.0. The van der Waals surface area contributed by atoms with Gasteiger partial charge in [-0.05, 0) is 35.0 Å². The maximum atomic E-state index is 12.5. The average molecular weight is 343 g/mol. The largest absolute Gasteiger partial charge is 0.325 e. The fourth-order valence-electron chi connectivity index (χ4n) is 2.32. The number of hydrogen-bond donors (Lipinski definition) is 1. The van der Waals surface area contributed by atoms with Gasteiger partial charge in [-0.25, -0.2) is 8.78 Å². The summed E-state index contributed by atoms with van der Waals surface area (Å²) in [5.41, 5.74) is 0.460. The number of fused-ring (bicyclic) bond motifs is 1. The number of thioether (sulfide) groups is 1. The molecule has 0 unspecified atom stereocenters. The van der Waals surface area contributed by atoms with Crippen LogP contribution >= 0.6 is 11.8 Å². The first-order valence-corrected chi connectivity index (χ1v) is 8.40. The number of amides is 1. The summed E-state index contributed by atoms with van der Waals surface area (Å²) >= 11 is 1.44. The van der Waals surface area contributed by atoms with Crippen molar-refractivity contribution in [2.24, 2.45) is 0 Å². The van der Waals surface area contributed by atoms with E-state index in [1.165, 1.54) is 36.0 Å². The van der Waals surface area contributed by atoms with Crippen LogP contribution in [0.3, 0.4) is 0 Å². The topological polar surface area (TPSA) is 29.1 Å². The first-order valence-electron chi connectivity index (χ1n) is 7.41. The molecule has 3 aromatic carbocycles. The Morgan fingerprint density at radius 3 is 2.38 bits per heavy atom. The maximum Gasteiger partial charge on any atom is 0.263 e. The van der Waals surface area contributed by atoms with E-state index in [0.717, 1.165) is 15.7 Å². The standard InChI is InChI=1S/C19H15F2NOS/c20-19(21)14-5-8-16(9-6-14)22-18(23)12-24-17-10-7-13-3-1-2-4-15(13)11-17/h1-11,19H,12H2,(H,22,23). The van der Waals surface area contributed by atoms with Crippen LogP contribution < -0.4 is 5.32 Å². The van der Waals surface area contributed by atoms with E-state index in [0.29, 0.717) is 5.69 Å². The van der Waals surface area contributed by atoms with Gasteiger partial charge >= 0.3 is 0 Å². The molecule has 3 rings (SSSR count). The van der Waals surface area contributed by atoms with Crippen LogP contribution in [0.2, 0.25) is 0 Å². The Kier molecular flexibility index (Phi) is 5.11. The third-order valence-corrected chi connectivity index (χ3v) is 4.53. The van der Waals surface area contributed by atoms with Crippen molar-refractivity contribution in [3.05, 3.63) is 72.3 Å². The van der Waals surface area contributed by atoms with Crippen LogP contribution in [-0.2, 0) is 4.79 Å². The van der Waals surface area contributed by atoms with Gasteiger partial charge in [0.15, 0.2) is 0 Å². The third-order valence-electron chi connectivity index (χ3n) is 3.54. The summed E-state index contributed by atoms with van der Waals surface area (Å²) in [5.74, 6) is 0.0903. The van der Waals surface area contributed by atoms with Crippen molar-refractivity contribution in [2.75, 3.05) is 11.1 Å². The van der Waals surface area contributed by atoms with Crippen molar-refractivity contribution in [1.82, 2.24) is 0 Å². The molecular weight excluding hydrogens is 328 g/mol. The number of halogens is 2. The summed E-state index contributed by atoms with van der Waals surface area (Å²) in [6.07, 6.45) is -2.50. The van der Waals surface area contributed by atoms with Crippen LogP contribution in [0, 0.1) is 0 Å².